The molecule has 1 aliphatic heterocycles. The zero-order valence-electron chi connectivity index (χ0n) is 8.75. The number of hydrogen-bond donors (Lipinski definition) is 0. The maximum absolute atomic E-state index is 5.41. The van der Waals surface area contributed by atoms with E-state index in [0.717, 1.165) is 19.6 Å². The third-order valence-corrected chi connectivity index (χ3v) is 2.37. The Balaban J connectivity index is 2.07. The molecule has 0 atom stereocenters. The Morgan fingerprint density at radius 2 is 1.64 bits per heavy atom. The van der Waals surface area contributed by atoms with Crippen LogP contribution >= 0.6 is 0 Å². The van der Waals surface area contributed by atoms with E-state index >= 15 is 0 Å². The first kappa shape index (κ1) is 9.69. The van der Waals surface area contributed by atoms with Crippen LogP contribution in [0, 0.1) is 13.8 Å². The largest absolute Gasteiger partial charge is 0.350 e. The van der Waals surface area contributed by atoms with Crippen LogP contribution in [-0.4, -0.2) is 19.5 Å². The van der Waals surface area contributed by atoms with Crippen molar-refractivity contribution < 1.29 is 9.47 Å². The molecule has 0 N–H and O–H groups in total. The fraction of sp³-hybridized carbons (Fsp3) is 0.500. The maximum Gasteiger partial charge on any atom is 0.161 e. The van der Waals surface area contributed by atoms with E-state index in [4.69, 9.17) is 9.47 Å². The van der Waals surface area contributed by atoms with Crippen LogP contribution in [-0.2, 0) is 15.9 Å². The zero-order valence-corrected chi connectivity index (χ0v) is 8.75. The van der Waals surface area contributed by atoms with E-state index < -0.39 is 0 Å². The molecule has 0 aliphatic carbocycles. The van der Waals surface area contributed by atoms with Crippen molar-refractivity contribution in [2.45, 2.75) is 26.6 Å². The van der Waals surface area contributed by atoms with Gasteiger partial charge in [-0.05, 0) is 19.4 Å². The summed E-state index contributed by atoms with van der Waals surface area (Å²) in [5.41, 5.74) is 3.91. The number of benzene rings is 1. The summed E-state index contributed by atoms with van der Waals surface area (Å²) in [4.78, 5) is 0. The highest BCUT2D eigenvalue weighted by Gasteiger charge is 2.16. The molecule has 0 unspecified atom stereocenters. The highest BCUT2D eigenvalue weighted by molar-refractivity contribution is 5.28. The topological polar surface area (TPSA) is 18.5 Å². The molecule has 1 saturated heterocycles. The summed E-state index contributed by atoms with van der Waals surface area (Å²) in [5, 5.41) is 0. The molecule has 0 amide bonds. The minimum absolute atomic E-state index is 0.0313. The first-order valence-corrected chi connectivity index (χ1v) is 5.04. The van der Waals surface area contributed by atoms with Crippen LogP contribution in [0.3, 0.4) is 0 Å². The lowest BCUT2D eigenvalue weighted by Gasteiger charge is -2.10. The molecule has 0 spiro atoms. The van der Waals surface area contributed by atoms with Gasteiger partial charge < -0.3 is 9.47 Å². The van der Waals surface area contributed by atoms with Gasteiger partial charge in [-0.25, -0.2) is 0 Å². The van der Waals surface area contributed by atoms with Gasteiger partial charge in [0.25, 0.3) is 0 Å². The molecule has 1 fully saturated rings. The highest BCUT2D eigenvalue weighted by Crippen LogP contribution is 2.14. The zero-order chi connectivity index (χ0) is 9.97. The summed E-state index contributed by atoms with van der Waals surface area (Å²) in [6.45, 7) is 5.70. The van der Waals surface area contributed by atoms with E-state index in [9.17, 15) is 0 Å². The van der Waals surface area contributed by atoms with E-state index in [2.05, 4.69) is 32.0 Å². The summed E-state index contributed by atoms with van der Waals surface area (Å²) in [6.07, 6.45) is 0.832. The highest BCUT2D eigenvalue weighted by atomic mass is 16.7. The third kappa shape index (κ3) is 2.34. The average Bonchev–Trinajstić information content (AvgIpc) is 2.54. The molecular formula is C12H16O2. The van der Waals surface area contributed by atoms with Crippen molar-refractivity contribution in [1.82, 2.24) is 0 Å². The number of aryl methyl sites for hydroxylation is 2. The molecular weight excluding hydrogens is 176 g/mol. The van der Waals surface area contributed by atoms with Gasteiger partial charge in [0.2, 0.25) is 0 Å². The van der Waals surface area contributed by atoms with Crippen molar-refractivity contribution >= 4 is 0 Å². The Kier molecular flexibility index (Phi) is 2.85. The molecule has 1 heterocycles. The van der Waals surface area contributed by atoms with Crippen molar-refractivity contribution in [2.24, 2.45) is 0 Å². The third-order valence-electron chi connectivity index (χ3n) is 2.37. The van der Waals surface area contributed by atoms with Crippen molar-refractivity contribution in [3.05, 3.63) is 34.9 Å². The van der Waals surface area contributed by atoms with Gasteiger partial charge in [0.15, 0.2) is 6.29 Å². The SMILES string of the molecule is Cc1cc(C)cc(CC2OCCO2)c1. The van der Waals surface area contributed by atoms with Gasteiger partial charge in [-0.2, -0.15) is 0 Å². The van der Waals surface area contributed by atoms with Crippen molar-refractivity contribution in [2.75, 3.05) is 13.2 Å². The van der Waals surface area contributed by atoms with Gasteiger partial charge >= 0.3 is 0 Å². The molecule has 14 heavy (non-hydrogen) atoms. The van der Waals surface area contributed by atoms with Gasteiger partial charge in [0, 0.05) is 6.42 Å². The van der Waals surface area contributed by atoms with Crippen LogP contribution < -0.4 is 0 Å². The molecule has 0 aromatic heterocycles. The minimum atomic E-state index is -0.0313. The molecule has 1 aromatic rings. The Morgan fingerprint density at radius 3 is 2.21 bits per heavy atom. The predicted molar refractivity (Wildman–Crippen MR) is 55.3 cm³/mol. The van der Waals surface area contributed by atoms with Crippen molar-refractivity contribution in [3.8, 4) is 0 Å². The second-order valence-corrected chi connectivity index (χ2v) is 3.87. The van der Waals surface area contributed by atoms with Crippen LogP contribution in [0.4, 0.5) is 0 Å². The number of rotatable bonds is 2. The molecule has 2 heteroatoms. The van der Waals surface area contributed by atoms with E-state index in [0.29, 0.717) is 0 Å². The molecule has 0 radical (unpaired) electrons. The Labute approximate surface area is 84.8 Å². The molecule has 1 aromatic carbocycles. The number of ether oxygens (including phenoxy) is 2. The van der Waals surface area contributed by atoms with E-state index in [1.54, 1.807) is 0 Å². The molecule has 76 valence electrons. The smallest absolute Gasteiger partial charge is 0.161 e. The summed E-state index contributed by atoms with van der Waals surface area (Å²) in [5.74, 6) is 0. The standard InChI is InChI=1S/C12H16O2/c1-9-5-10(2)7-11(6-9)8-12-13-3-4-14-12/h5-7,12H,3-4,8H2,1-2H3. The molecule has 2 nitrogen and oxygen atoms in total. The minimum Gasteiger partial charge on any atom is -0.350 e. The first-order valence-electron chi connectivity index (χ1n) is 5.04. The van der Waals surface area contributed by atoms with E-state index in [1.807, 2.05) is 0 Å². The predicted octanol–water partition coefficient (Wildman–Crippen LogP) is 2.22. The first-order chi connectivity index (χ1) is 6.74. The van der Waals surface area contributed by atoms with Gasteiger partial charge in [-0.15, -0.1) is 0 Å². The number of hydrogen-bond acceptors (Lipinski definition) is 2. The maximum atomic E-state index is 5.41. The Bertz CT molecular complexity index is 294. The monoisotopic (exact) mass is 192 g/mol. The summed E-state index contributed by atoms with van der Waals surface area (Å²) < 4.78 is 10.8. The van der Waals surface area contributed by atoms with Crippen molar-refractivity contribution in [1.29, 1.82) is 0 Å². The lowest BCUT2D eigenvalue weighted by Crippen LogP contribution is -2.11. The lowest BCUT2D eigenvalue weighted by molar-refractivity contribution is -0.0400. The van der Waals surface area contributed by atoms with Gasteiger partial charge in [-0.1, -0.05) is 29.3 Å². The normalized spacial score (nSPS) is 17.6. The van der Waals surface area contributed by atoms with E-state index in [-0.39, 0.29) is 6.29 Å². The summed E-state index contributed by atoms with van der Waals surface area (Å²) in [6, 6.07) is 6.57. The van der Waals surface area contributed by atoms with Crippen LogP contribution in [0.15, 0.2) is 18.2 Å². The average molecular weight is 192 g/mol. The molecule has 2 rings (SSSR count). The van der Waals surface area contributed by atoms with Crippen molar-refractivity contribution in [3.63, 3.8) is 0 Å². The van der Waals surface area contributed by atoms with Crippen LogP contribution in [0.5, 0.6) is 0 Å². The van der Waals surface area contributed by atoms with Gasteiger partial charge in [0.1, 0.15) is 0 Å². The quantitative estimate of drug-likeness (QED) is 0.715. The summed E-state index contributed by atoms with van der Waals surface area (Å²) in [7, 11) is 0. The molecule has 0 bridgehead atoms. The second kappa shape index (κ2) is 4.11. The van der Waals surface area contributed by atoms with E-state index in [1.165, 1.54) is 16.7 Å². The lowest BCUT2D eigenvalue weighted by atomic mass is 10.1. The molecule has 1 aliphatic rings. The fourth-order valence-corrected chi connectivity index (χ4v) is 1.90. The second-order valence-electron chi connectivity index (χ2n) is 3.87. The Hall–Kier alpha value is -0.860. The fourth-order valence-electron chi connectivity index (χ4n) is 1.90. The molecule has 0 saturated carbocycles. The van der Waals surface area contributed by atoms with Gasteiger partial charge in [0.05, 0.1) is 13.2 Å². The van der Waals surface area contributed by atoms with Gasteiger partial charge in [-0.3, -0.25) is 0 Å². The van der Waals surface area contributed by atoms with Crippen LogP contribution in [0.25, 0.3) is 0 Å². The van der Waals surface area contributed by atoms with Crippen LogP contribution in [0.1, 0.15) is 16.7 Å². The Morgan fingerprint density at radius 1 is 1.07 bits per heavy atom. The van der Waals surface area contributed by atoms with Crippen LogP contribution in [0.2, 0.25) is 0 Å². The summed E-state index contributed by atoms with van der Waals surface area (Å²) >= 11 is 0.